The molecule has 1 fully saturated rings. The zero-order valence-electron chi connectivity index (χ0n) is 20.9. The van der Waals surface area contributed by atoms with Crippen LogP contribution in [0, 0.1) is 11.3 Å². The molecule has 0 aliphatic heterocycles. The maximum absolute atomic E-state index is 10.0. The minimum absolute atomic E-state index is 0.421. The Morgan fingerprint density at radius 1 is 1.22 bits per heavy atom. The molecule has 1 aliphatic rings. The molecule has 4 aromatic rings. The van der Waals surface area contributed by atoms with Crippen molar-refractivity contribution < 1.29 is 4.74 Å². The van der Waals surface area contributed by atoms with Crippen molar-refractivity contribution in [2.75, 3.05) is 18.2 Å². The van der Waals surface area contributed by atoms with Gasteiger partial charge in [0.15, 0.2) is 0 Å². The fourth-order valence-corrected chi connectivity index (χ4v) is 6.82. The second-order valence-electron chi connectivity index (χ2n) is 9.08. The molecule has 9 heteroatoms. The first-order valence-electron chi connectivity index (χ1n) is 12.6. The van der Waals surface area contributed by atoms with Gasteiger partial charge in [-0.05, 0) is 55.2 Å². The molecule has 1 aliphatic carbocycles. The molecule has 0 amide bonds. The number of nitriles is 1. The highest BCUT2D eigenvalue weighted by Crippen LogP contribution is 2.47. The van der Waals surface area contributed by atoms with E-state index in [0.29, 0.717) is 18.5 Å². The normalized spacial score (nSPS) is 13.8. The molecular formula is C28H30N6OS2. The first-order chi connectivity index (χ1) is 18.2. The molecule has 1 aromatic carbocycles. The van der Waals surface area contributed by atoms with Crippen LogP contribution in [0.4, 0.5) is 11.6 Å². The van der Waals surface area contributed by atoms with Crippen LogP contribution in [0.25, 0.3) is 10.6 Å². The van der Waals surface area contributed by atoms with Gasteiger partial charge in [0.2, 0.25) is 5.95 Å². The number of aryl methyl sites for hydroxylation is 1. The van der Waals surface area contributed by atoms with E-state index in [0.717, 1.165) is 57.6 Å². The summed E-state index contributed by atoms with van der Waals surface area (Å²) in [4.78, 5) is 14.5. The summed E-state index contributed by atoms with van der Waals surface area (Å²) in [6.45, 7) is 1.49. The number of thioether (sulfide) groups is 1. The third-order valence-electron chi connectivity index (χ3n) is 6.59. The molecule has 1 saturated carbocycles. The highest BCUT2D eigenvalue weighted by atomic mass is 32.2. The van der Waals surface area contributed by atoms with Gasteiger partial charge in [-0.25, -0.2) is 15.0 Å². The van der Waals surface area contributed by atoms with E-state index in [-0.39, 0.29) is 0 Å². The summed E-state index contributed by atoms with van der Waals surface area (Å²) in [7, 11) is 0. The van der Waals surface area contributed by atoms with Gasteiger partial charge >= 0.3 is 0 Å². The number of imidazole rings is 1. The number of nitrogens with zero attached hydrogens (tertiary/aromatic N) is 5. The maximum Gasteiger partial charge on any atom is 0.227 e. The van der Waals surface area contributed by atoms with Crippen molar-refractivity contribution in [2.45, 2.75) is 55.2 Å². The Labute approximate surface area is 226 Å². The van der Waals surface area contributed by atoms with Crippen LogP contribution >= 0.6 is 23.1 Å². The summed E-state index contributed by atoms with van der Waals surface area (Å²) >= 11 is 3.33. The van der Waals surface area contributed by atoms with Gasteiger partial charge in [0.25, 0.3) is 0 Å². The second-order valence-corrected chi connectivity index (χ2v) is 11.2. The first-order valence-corrected chi connectivity index (χ1v) is 14.7. The Hall–Kier alpha value is -3.35. The van der Waals surface area contributed by atoms with Gasteiger partial charge in [-0.2, -0.15) is 5.26 Å². The Balaban J connectivity index is 1.32. The number of aromatic nitrogens is 4. The molecule has 0 unspecified atom stereocenters. The summed E-state index contributed by atoms with van der Waals surface area (Å²) in [6, 6.07) is 12.3. The van der Waals surface area contributed by atoms with E-state index in [2.05, 4.69) is 21.4 Å². The molecule has 0 bridgehead atoms. The Morgan fingerprint density at radius 2 is 2.11 bits per heavy atom. The fraction of sp³-hybridized carbons (Fsp3) is 0.357. The summed E-state index contributed by atoms with van der Waals surface area (Å²) < 4.78 is 9.07. The number of thiophene rings is 1. The van der Waals surface area contributed by atoms with Gasteiger partial charge in [0.1, 0.15) is 11.8 Å². The lowest BCUT2D eigenvalue weighted by Crippen LogP contribution is -2.07. The zero-order chi connectivity index (χ0) is 25.5. The number of ether oxygens (including phenoxy) is 1. The van der Waals surface area contributed by atoms with Gasteiger partial charge in [-0.15, -0.1) is 23.1 Å². The predicted octanol–water partition coefficient (Wildman–Crippen LogP) is 7.26. The molecule has 0 saturated heterocycles. The van der Waals surface area contributed by atoms with Gasteiger partial charge in [0.05, 0.1) is 33.3 Å². The number of benzene rings is 1. The van der Waals surface area contributed by atoms with Crippen LogP contribution < -0.4 is 10.1 Å². The van der Waals surface area contributed by atoms with Crippen LogP contribution in [-0.2, 0) is 6.54 Å². The third kappa shape index (κ3) is 6.14. The molecule has 190 valence electrons. The SMILES string of the molecule is CSc1sc(-c2ccnc(Nc3cccc(OCCCn4ccnc4)c3)n2)c(C2CCCCC2)c1C#N. The van der Waals surface area contributed by atoms with E-state index in [1.807, 2.05) is 53.7 Å². The Morgan fingerprint density at radius 3 is 2.89 bits per heavy atom. The van der Waals surface area contributed by atoms with Gasteiger partial charge in [0, 0.05) is 36.9 Å². The molecule has 37 heavy (non-hydrogen) atoms. The summed E-state index contributed by atoms with van der Waals surface area (Å²) in [5, 5.41) is 13.3. The smallest absolute Gasteiger partial charge is 0.227 e. The molecule has 3 aromatic heterocycles. The predicted molar refractivity (Wildman–Crippen MR) is 150 cm³/mol. The average molecular weight is 531 g/mol. The average Bonchev–Trinajstić information content (AvgIpc) is 3.60. The largest absolute Gasteiger partial charge is 0.493 e. The number of hydrogen-bond donors (Lipinski definition) is 1. The summed E-state index contributed by atoms with van der Waals surface area (Å²) in [5.74, 6) is 1.75. The van der Waals surface area contributed by atoms with E-state index in [1.165, 1.54) is 24.8 Å². The molecule has 0 spiro atoms. The second kappa shape index (κ2) is 12.3. The molecule has 0 radical (unpaired) electrons. The highest BCUT2D eigenvalue weighted by molar-refractivity contribution is 8.00. The van der Waals surface area contributed by atoms with E-state index >= 15 is 0 Å². The van der Waals surface area contributed by atoms with Crippen LogP contribution in [0.1, 0.15) is 55.6 Å². The van der Waals surface area contributed by atoms with Crippen molar-refractivity contribution in [3.8, 4) is 22.4 Å². The highest BCUT2D eigenvalue weighted by Gasteiger charge is 2.27. The van der Waals surface area contributed by atoms with E-state index in [4.69, 9.17) is 9.72 Å². The van der Waals surface area contributed by atoms with Crippen molar-refractivity contribution in [3.05, 3.63) is 66.4 Å². The van der Waals surface area contributed by atoms with Crippen LogP contribution in [-0.4, -0.2) is 32.4 Å². The standard InChI is InChI=1S/C28H30N6OS2/c1-36-27-23(18-29)25(20-7-3-2-4-8-20)26(37-27)24-11-12-31-28(33-24)32-21-9-5-10-22(17-21)35-16-6-14-34-15-13-30-19-34/h5,9-13,15,17,19-20H,2-4,6-8,14,16H2,1H3,(H,31,32,33). The van der Waals surface area contributed by atoms with Crippen molar-refractivity contribution in [1.29, 1.82) is 5.26 Å². The molecular weight excluding hydrogens is 500 g/mol. The minimum Gasteiger partial charge on any atom is -0.493 e. The van der Waals surface area contributed by atoms with Crippen LogP contribution in [0.15, 0.2) is 59.5 Å². The molecule has 7 nitrogen and oxygen atoms in total. The first kappa shape index (κ1) is 25.3. The van der Waals surface area contributed by atoms with Crippen LogP contribution in [0.2, 0.25) is 0 Å². The summed E-state index contributed by atoms with van der Waals surface area (Å²) in [5.41, 5.74) is 3.76. The van der Waals surface area contributed by atoms with E-state index < -0.39 is 0 Å². The van der Waals surface area contributed by atoms with Crippen molar-refractivity contribution >= 4 is 34.7 Å². The molecule has 5 rings (SSSR count). The van der Waals surface area contributed by atoms with Crippen LogP contribution in [0.5, 0.6) is 5.75 Å². The van der Waals surface area contributed by atoms with Gasteiger partial charge in [-0.1, -0.05) is 25.3 Å². The number of rotatable bonds is 10. The third-order valence-corrected chi connectivity index (χ3v) is 8.94. The molecule has 3 heterocycles. The number of anilines is 2. The number of nitrogens with one attached hydrogen (secondary N) is 1. The van der Waals surface area contributed by atoms with Crippen molar-refractivity contribution in [3.63, 3.8) is 0 Å². The molecule has 0 atom stereocenters. The quantitative estimate of drug-likeness (QED) is 0.170. The Kier molecular flexibility index (Phi) is 8.39. The summed E-state index contributed by atoms with van der Waals surface area (Å²) in [6.07, 6.45) is 16.3. The number of hydrogen-bond acceptors (Lipinski definition) is 8. The minimum atomic E-state index is 0.421. The van der Waals surface area contributed by atoms with Crippen molar-refractivity contribution in [2.24, 2.45) is 0 Å². The van der Waals surface area contributed by atoms with Crippen LogP contribution in [0.3, 0.4) is 0 Å². The molecule has 1 N–H and O–H groups in total. The lowest BCUT2D eigenvalue weighted by molar-refractivity contribution is 0.302. The van der Waals surface area contributed by atoms with Crippen molar-refractivity contribution in [1.82, 2.24) is 19.5 Å². The van der Waals surface area contributed by atoms with Gasteiger partial charge in [-0.3, -0.25) is 0 Å². The lowest BCUT2D eigenvalue weighted by Gasteiger charge is -2.22. The van der Waals surface area contributed by atoms with E-state index in [1.54, 1.807) is 35.5 Å². The topological polar surface area (TPSA) is 88.7 Å². The van der Waals surface area contributed by atoms with Gasteiger partial charge < -0.3 is 14.6 Å². The zero-order valence-corrected chi connectivity index (χ0v) is 22.5. The maximum atomic E-state index is 10.0. The lowest BCUT2D eigenvalue weighted by atomic mass is 9.82. The fourth-order valence-electron chi connectivity index (χ4n) is 4.84. The Bertz CT molecular complexity index is 1360. The monoisotopic (exact) mass is 530 g/mol. The van der Waals surface area contributed by atoms with E-state index in [9.17, 15) is 5.26 Å².